The topological polar surface area (TPSA) is 278 Å². The van der Waals surface area contributed by atoms with Gasteiger partial charge in [-0.05, 0) is 38.6 Å². The SMILES string of the molecule is C.CC(=O)O.NCCCC[C@H](NC(=O)[C@@H](N)CCCN=C(N)N)C(=O)N[C@@H](Cc1cnc[nH]1)C(=O)O. The average molecular weight is 516 g/mol. The van der Waals surface area contributed by atoms with Gasteiger partial charge in [0.15, 0.2) is 5.96 Å². The van der Waals surface area contributed by atoms with Crippen molar-refractivity contribution in [3.8, 4) is 0 Å². The van der Waals surface area contributed by atoms with Gasteiger partial charge >= 0.3 is 5.97 Å². The van der Waals surface area contributed by atoms with Crippen LogP contribution in [0.4, 0.5) is 0 Å². The average Bonchev–Trinajstić information content (AvgIpc) is 3.28. The number of nitrogens with zero attached hydrogens (tertiary/aromatic N) is 2. The number of carbonyl (C=O) groups excluding carboxylic acids is 2. The number of amides is 2. The molecule has 2 amide bonds. The van der Waals surface area contributed by atoms with Crippen molar-refractivity contribution >= 4 is 29.7 Å². The Labute approximate surface area is 210 Å². The van der Waals surface area contributed by atoms with Crippen molar-refractivity contribution in [3.63, 3.8) is 0 Å². The lowest BCUT2D eigenvalue weighted by atomic mass is 10.1. The Hall–Kier alpha value is -3.72. The molecule has 0 fully saturated rings. The molecule has 13 N–H and O–H groups in total. The molecular weight excluding hydrogens is 474 g/mol. The number of hydrogen-bond donors (Lipinski definition) is 9. The number of rotatable bonds is 15. The highest BCUT2D eigenvalue weighted by atomic mass is 16.4. The molecular formula is C21H41N9O6. The molecule has 0 aromatic carbocycles. The molecule has 15 heteroatoms. The molecule has 206 valence electrons. The smallest absolute Gasteiger partial charge is 0.326 e. The molecule has 36 heavy (non-hydrogen) atoms. The van der Waals surface area contributed by atoms with E-state index in [-0.39, 0.29) is 19.8 Å². The third-order valence-corrected chi connectivity index (χ3v) is 4.48. The molecule has 1 aromatic rings. The lowest BCUT2D eigenvalue weighted by Gasteiger charge is -2.23. The van der Waals surface area contributed by atoms with E-state index in [4.69, 9.17) is 32.8 Å². The van der Waals surface area contributed by atoms with E-state index in [0.717, 1.165) is 6.92 Å². The van der Waals surface area contributed by atoms with Crippen LogP contribution in [0.3, 0.4) is 0 Å². The molecule has 0 unspecified atom stereocenters. The fourth-order valence-corrected chi connectivity index (χ4v) is 2.78. The molecule has 15 nitrogen and oxygen atoms in total. The number of aromatic nitrogens is 2. The van der Waals surface area contributed by atoms with Gasteiger partial charge in [0, 0.05) is 31.8 Å². The van der Waals surface area contributed by atoms with Crippen LogP contribution in [-0.4, -0.2) is 81.1 Å². The summed E-state index contributed by atoms with van der Waals surface area (Å²) in [5.41, 5.74) is 22.4. The van der Waals surface area contributed by atoms with Crippen molar-refractivity contribution in [2.45, 2.75) is 71.0 Å². The second-order valence-corrected chi connectivity index (χ2v) is 7.60. The molecule has 1 heterocycles. The minimum Gasteiger partial charge on any atom is -0.481 e. The van der Waals surface area contributed by atoms with Gasteiger partial charge in [0.1, 0.15) is 12.1 Å². The molecule has 3 atom stereocenters. The van der Waals surface area contributed by atoms with Crippen LogP contribution in [0.2, 0.25) is 0 Å². The summed E-state index contributed by atoms with van der Waals surface area (Å²) in [5.74, 6) is -3.20. The zero-order valence-corrected chi connectivity index (χ0v) is 19.8. The third kappa shape index (κ3) is 16.8. The first kappa shape index (κ1) is 34.4. The second kappa shape index (κ2) is 19.6. The summed E-state index contributed by atoms with van der Waals surface area (Å²) in [6.07, 6.45) is 5.25. The van der Waals surface area contributed by atoms with Crippen LogP contribution < -0.4 is 33.6 Å². The van der Waals surface area contributed by atoms with Crippen LogP contribution >= 0.6 is 0 Å². The summed E-state index contributed by atoms with van der Waals surface area (Å²) >= 11 is 0. The quantitative estimate of drug-likeness (QED) is 0.0716. The summed E-state index contributed by atoms with van der Waals surface area (Å²) < 4.78 is 0. The molecule has 0 radical (unpaired) electrons. The minimum atomic E-state index is -1.20. The molecule has 1 aromatic heterocycles. The zero-order chi connectivity index (χ0) is 26.8. The number of H-pyrrole nitrogens is 1. The van der Waals surface area contributed by atoms with Crippen molar-refractivity contribution in [2.24, 2.45) is 27.9 Å². The number of carboxylic acid groups (broad SMARTS) is 2. The summed E-state index contributed by atoms with van der Waals surface area (Å²) in [7, 11) is 0. The van der Waals surface area contributed by atoms with E-state index in [0.29, 0.717) is 50.9 Å². The molecule has 1 rings (SSSR count). The van der Waals surface area contributed by atoms with E-state index >= 15 is 0 Å². The number of carboxylic acids is 2. The maximum Gasteiger partial charge on any atom is 0.326 e. The van der Waals surface area contributed by atoms with E-state index in [1.165, 1.54) is 12.5 Å². The molecule has 0 aliphatic heterocycles. The molecule has 0 spiro atoms. The number of unbranched alkanes of at least 4 members (excludes halogenated alkanes) is 1. The lowest BCUT2D eigenvalue weighted by molar-refractivity contribution is -0.142. The maximum atomic E-state index is 12.7. The van der Waals surface area contributed by atoms with Gasteiger partial charge in [0.05, 0.1) is 12.4 Å². The Morgan fingerprint density at radius 3 is 2.17 bits per heavy atom. The molecule has 0 aliphatic rings. The van der Waals surface area contributed by atoms with E-state index < -0.39 is 41.9 Å². The van der Waals surface area contributed by atoms with Gasteiger partial charge in [0.2, 0.25) is 11.8 Å². The summed E-state index contributed by atoms with van der Waals surface area (Å²) in [6, 6.07) is -2.99. The van der Waals surface area contributed by atoms with Crippen LogP contribution in [-0.2, 0) is 25.6 Å². The van der Waals surface area contributed by atoms with Crippen molar-refractivity contribution in [3.05, 3.63) is 18.2 Å². The number of aromatic amines is 1. The first-order valence-corrected chi connectivity index (χ1v) is 11.0. The first-order chi connectivity index (χ1) is 16.5. The Morgan fingerprint density at radius 1 is 1.06 bits per heavy atom. The Bertz CT molecular complexity index is 809. The number of carbonyl (C=O) groups is 4. The summed E-state index contributed by atoms with van der Waals surface area (Å²) in [5, 5.41) is 21.9. The van der Waals surface area contributed by atoms with Crippen molar-refractivity contribution < 1.29 is 29.4 Å². The van der Waals surface area contributed by atoms with E-state index in [9.17, 15) is 19.5 Å². The minimum absolute atomic E-state index is 0. The highest BCUT2D eigenvalue weighted by molar-refractivity contribution is 5.91. The Balaban J connectivity index is 0. The highest BCUT2D eigenvalue weighted by Crippen LogP contribution is 2.05. The van der Waals surface area contributed by atoms with Crippen LogP contribution in [0.5, 0.6) is 0 Å². The number of nitrogens with two attached hydrogens (primary N) is 4. The van der Waals surface area contributed by atoms with E-state index in [2.05, 4.69) is 25.6 Å². The van der Waals surface area contributed by atoms with Gasteiger partial charge in [-0.25, -0.2) is 9.78 Å². The van der Waals surface area contributed by atoms with Gasteiger partial charge in [-0.15, -0.1) is 0 Å². The number of guanidine groups is 1. The predicted octanol–water partition coefficient (Wildman–Crippen LogP) is -1.76. The lowest BCUT2D eigenvalue weighted by Crippen LogP contribution is -2.54. The van der Waals surface area contributed by atoms with Gasteiger partial charge in [-0.2, -0.15) is 0 Å². The van der Waals surface area contributed by atoms with Crippen molar-refractivity contribution in [1.82, 2.24) is 20.6 Å². The highest BCUT2D eigenvalue weighted by Gasteiger charge is 2.28. The summed E-state index contributed by atoms with van der Waals surface area (Å²) in [6.45, 7) is 1.85. The van der Waals surface area contributed by atoms with Crippen LogP contribution in [0.15, 0.2) is 17.5 Å². The normalized spacial score (nSPS) is 12.4. The standard InChI is InChI=1S/C18H33N9O4.C2H4O2.CH4/c19-6-2-1-5-13(26-15(28)12(20)4-3-7-24-18(21)22)16(29)27-14(17(30)31)8-11-9-23-10-25-11;1-2(3)4;/h9-10,12-14H,1-8,19-20H2,(H,23,25)(H,26,28)(H,27,29)(H,30,31)(H4,21,22,24);1H3,(H,3,4);1H4/t12-,13-,14-;;/m0../s1. The van der Waals surface area contributed by atoms with Gasteiger partial charge in [-0.1, -0.05) is 7.43 Å². The number of nitrogens with one attached hydrogen (secondary N) is 3. The number of aliphatic imine (C=N–C) groups is 1. The predicted molar refractivity (Wildman–Crippen MR) is 135 cm³/mol. The molecule has 0 saturated carbocycles. The van der Waals surface area contributed by atoms with Crippen molar-refractivity contribution in [2.75, 3.05) is 13.1 Å². The van der Waals surface area contributed by atoms with Crippen molar-refractivity contribution in [1.29, 1.82) is 0 Å². The van der Waals surface area contributed by atoms with Crippen LogP contribution in [0.25, 0.3) is 0 Å². The van der Waals surface area contributed by atoms with E-state index in [1.54, 1.807) is 0 Å². The first-order valence-electron chi connectivity index (χ1n) is 11.0. The van der Waals surface area contributed by atoms with Gasteiger partial charge in [-0.3, -0.25) is 19.4 Å². The fraction of sp³-hybridized carbons (Fsp3) is 0.619. The Morgan fingerprint density at radius 2 is 1.67 bits per heavy atom. The molecule has 0 bridgehead atoms. The number of imidazole rings is 1. The van der Waals surface area contributed by atoms with Crippen LogP contribution in [0, 0.1) is 0 Å². The Kier molecular flexibility index (Phi) is 18.7. The largest absolute Gasteiger partial charge is 0.481 e. The monoisotopic (exact) mass is 515 g/mol. The van der Waals surface area contributed by atoms with E-state index in [1.807, 2.05) is 0 Å². The zero-order valence-electron chi connectivity index (χ0n) is 19.8. The summed E-state index contributed by atoms with van der Waals surface area (Å²) in [4.78, 5) is 56.2. The third-order valence-electron chi connectivity index (χ3n) is 4.48. The van der Waals surface area contributed by atoms with Crippen LogP contribution in [0.1, 0.15) is 52.1 Å². The molecule has 0 saturated heterocycles. The maximum absolute atomic E-state index is 12.7. The fourth-order valence-electron chi connectivity index (χ4n) is 2.78. The van der Waals surface area contributed by atoms with Gasteiger partial charge in [0.25, 0.3) is 5.97 Å². The number of hydrogen-bond acceptors (Lipinski definition) is 8. The number of aliphatic carboxylic acids is 2. The molecule has 0 aliphatic carbocycles. The van der Waals surface area contributed by atoms with Gasteiger partial charge < -0.3 is 48.8 Å². The second-order valence-electron chi connectivity index (χ2n) is 7.60.